The van der Waals surface area contributed by atoms with Crippen molar-refractivity contribution in [2.75, 3.05) is 5.32 Å². The van der Waals surface area contributed by atoms with E-state index in [-0.39, 0.29) is 12.2 Å². The van der Waals surface area contributed by atoms with E-state index in [1.165, 1.54) is 12.4 Å². The fraction of sp³-hybridized carbons (Fsp3) is 0.0952. The highest BCUT2D eigenvalue weighted by molar-refractivity contribution is 6.04. The highest BCUT2D eigenvalue weighted by atomic mass is 19.3. The summed E-state index contributed by atoms with van der Waals surface area (Å²) in [5, 5.41) is 4.17. The van der Waals surface area contributed by atoms with Crippen LogP contribution in [0.2, 0.25) is 0 Å². The average Bonchev–Trinajstić information content (AvgIpc) is 2.75. The van der Waals surface area contributed by atoms with Gasteiger partial charge in [0.05, 0.1) is 5.56 Å². The van der Waals surface area contributed by atoms with E-state index in [1.54, 1.807) is 12.1 Å². The van der Waals surface area contributed by atoms with E-state index in [9.17, 15) is 31.5 Å². The number of benzene rings is 2. The molecule has 0 radical (unpaired) electrons. The Morgan fingerprint density at radius 3 is 2.35 bits per heavy atom. The van der Waals surface area contributed by atoms with Crippen LogP contribution in [0.1, 0.15) is 21.5 Å². The SMILES string of the molecule is O=C(Nc1ccc(F)c(F)c1)c1ccc(F)c(C(F)(F)C(=O)NCc2cccnc2)c1. The van der Waals surface area contributed by atoms with Gasteiger partial charge in [0.25, 0.3) is 11.8 Å². The Morgan fingerprint density at radius 2 is 1.68 bits per heavy atom. The standard InChI is InChI=1S/C21H14F5N3O2/c22-16-5-3-13(19(30)29-14-4-6-17(23)18(24)9-14)8-15(16)21(25,26)20(31)28-11-12-2-1-7-27-10-12/h1-10H,11H2,(H,28,31)(H,29,30). The lowest BCUT2D eigenvalue weighted by Gasteiger charge is -2.18. The number of pyridine rings is 1. The van der Waals surface area contributed by atoms with Crippen LogP contribution in [0.15, 0.2) is 60.9 Å². The lowest BCUT2D eigenvalue weighted by atomic mass is 10.0. The first kappa shape index (κ1) is 21.9. The molecule has 2 amide bonds. The number of halogens is 5. The van der Waals surface area contributed by atoms with Crippen molar-refractivity contribution in [2.45, 2.75) is 12.5 Å². The Bertz CT molecular complexity index is 1120. The molecular weight excluding hydrogens is 421 g/mol. The van der Waals surface area contributed by atoms with Crippen molar-refractivity contribution in [1.82, 2.24) is 10.3 Å². The molecule has 1 aromatic heterocycles. The van der Waals surface area contributed by atoms with Gasteiger partial charge in [-0.2, -0.15) is 8.78 Å². The van der Waals surface area contributed by atoms with Crippen LogP contribution >= 0.6 is 0 Å². The molecule has 0 spiro atoms. The summed E-state index contributed by atoms with van der Waals surface area (Å²) in [4.78, 5) is 28.1. The van der Waals surface area contributed by atoms with Crippen molar-refractivity contribution < 1.29 is 31.5 Å². The van der Waals surface area contributed by atoms with E-state index in [4.69, 9.17) is 0 Å². The molecule has 3 rings (SSSR count). The maximum Gasteiger partial charge on any atom is 0.352 e. The van der Waals surface area contributed by atoms with E-state index >= 15 is 0 Å². The van der Waals surface area contributed by atoms with E-state index < -0.39 is 46.3 Å². The fourth-order valence-corrected chi connectivity index (χ4v) is 2.60. The summed E-state index contributed by atoms with van der Waals surface area (Å²) in [5.74, 6) is -10.8. The second kappa shape index (κ2) is 8.90. The number of nitrogens with zero attached hydrogens (tertiary/aromatic N) is 1. The second-order valence-electron chi connectivity index (χ2n) is 6.40. The van der Waals surface area contributed by atoms with Gasteiger partial charge in [0.2, 0.25) is 0 Å². The molecule has 3 aromatic rings. The number of hydrogen-bond acceptors (Lipinski definition) is 3. The van der Waals surface area contributed by atoms with Gasteiger partial charge in [-0.3, -0.25) is 14.6 Å². The number of carbonyl (C=O) groups excluding carboxylic acids is 2. The van der Waals surface area contributed by atoms with Crippen LogP contribution in [0.25, 0.3) is 0 Å². The zero-order valence-electron chi connectivity index (χ0n) is 15.6. The van der Waals surface area contributed by atoms with Crippen molar-refractivity contribution >= 4 is 17.5 Å². The summed E-state index contributed by atoms with van der Waals surface area (Å²) < 4.78 is 69.5. The number of hydrogen-bond donors (Lipinski definition) is 2. The number of nitrogens with one attached hydrogen (secondary N) is 2. The molecule has 0 unspecified atom stereocenters. The summed E-state index contributed by atoms with van der Waals surface area (Å²) in [6, 6.07) is 7.66. The van der Waals surface area contributed by atoms with E-state index in [1.807, 2.05) is 5.32 Å². The van der Waals surface area contributed by atoms with Gasteiger partial charge >= 0.3 is 5.92 Å². The van der Waals surface area contributed by atoms with Crippen molar-refractivity contribution in [3.63, 3.8) is 0 Å². The molecule has 0 saturated heterocycles. The fourth-order valence-electron chi connectivity index (χ4n) is 2.60. The summed E-state index contributed by atoms with van der Waals surface area (Å²) in [6.07, 6.45) is 2.83. The van der Waals surface area contributed by atoms with Crippen LogP contribution in [0.4, 0.5) is 27.6 Å². The van der Waals surface area contributed by atoms with Gasteiger partial charge in [-0.15, -0.1) is 0 Å². The Kier molecular flexibility index (Phi) is 6.28. The topological polar surface area (TPSA) is 71.1 Å². The first-order chi connectivity index (χ1) is 14.7. The van der Waals surface area contributed by atoms with Gasteiger partial charge in [-0.25, -0.2) is 13.2 Å². The normalized spacial score (nSPS) is 11.1. The highest BCUT2D eigenvalue weighted by Gasteiger charge is 2.43. The predicted molar refractivity (Wildman–Crippen MR) is 101 cm³/mol. The average molecular weight is 435 g/mol. The molecule has 0 saturated carbocycles. The minimum atomic E-state index is -4.29. The Labute approximate surface area is 172 Å². The van der Waals surface area contributed by atoms with Crippen LogP contribution in [0.3, 0.4) is 0 Å². The number of aromatic nitrogens is 1. The van der Waals surface area contributed by atoms with Crippen molar-refractivity contribution in [3.8, 4) is 0 Å². The molecule has 2 N–H and O–H groups in total. The van der Waals surface area contributed by atoms with Crippen LogP contribution in [0.5, 0.6) is 0 Å². The van der Waals surface area contributed by atoms with Gasteiger partial charge in [0.15, 0.2) is 11.6 Å². The lowest BCUT2D eigenvalue weighted by Crippen LogP contribution is -2.38. The van der Waals surface area contributed by atoms with Crippen molar-refractivity contribution in [1.29, 1.82) is 0 Å². The monoisotopic (exact) mass is 435 g/mol. The third-order valence-electron chi connectivity index (χ3n) is 4.21. The van der Waals surface area contributed by atoms with Crippen LogP contribution in [0, 0.1) is 17.5 Å². The van der Waals surface area contributed by atoms with Gasteiger partial charge in [-0.1, -0.05) is 6.07 Å². The molecule has 160 valence electrons. The van der Waals surface area contributed by atoms with Crippen LogP contribution in [-0.2, 0) is 17.3 Å². The predicted octanol–water partition coefficient (Wildman–Crippen LogP) is 4.16. The molecule has 10 heteroatoms. The summed E-state index contributed by atoms with van der Waals surface area (Å²) in [7, 11) is 0. The molecule has 2 aromatic carbocycles. The largest absolute Gasteiger partial charge is 0.352 e. The number of alkyl halides is 2. The Morgan fingerprint density at radius 1 is 0.935 bits per heavy atom. The molecule has 1 heterocycles. The van der Waals surface area contributed by atoms with E-state index in [0.29, 0.717) is 23.8 Å². The second-order valence-corrected chi connectivity index (χ2v) is 6.40. The van der Waals surface area contributed by atoms with Crippen molar-refractivity contribution in [3.05, 3.63) is 95.1 Å². The Hall–Kier alpha value is -3.82. The number of rotatable bonds is 6. The van der Waals surface area contributed by atoms with Gasteiger partial charge < -0.3 is 10.6 Å². The van der Waals surface area contributed by atoms with Gasteiger partial charge in [0.1, 0.15) is 5.82 Å². The Balaban J connectivity index is 1.79. The zero-order valence-corrected chi connectivity index (χ0v) is 15.6. The smallest absolute Gasteiger partial charge is 0.346 e. The highest BCUT2D eigenvalue weighted by Crippen LogP contribution is 2.31. The summed E-state index contributed by atoms with van der Waals surface area (Å²) in [6.45, 7) is -0.264. The maximum absolute atomic E-state index is 14.6. The number of anilines is 1. The molecule has 31 heavy (non-hydrogen) atoms. The third-order valence-corrected chi connectivity index (χ3v) is 4.21. The molecule has 0 aliphatic heterocycles. The minimum Gasteiger partial charge on any atom is -0.346 e. The van der Waals surface area contributed by atoms with Crippen LogP contribution in [-0.4, -0.2) is 16.8 Å². The van der Waals surface area contributed by atoms with Crippen LogP contribution < -0.4 is 10.6 Å². The summed E-state index contributed by atoms with van der Waals surface area (Å²) in [5.41, 5.74) is -1.42. The molecule has 5 nitrogen and oxygen atoms in total. The quantitative estimate of drug-likeness (QED) is 0.572. The van der Waals surface area contributed by atoms with Gasteiger partial charge in [-0.05, 0) is 42.0 Å². The molecule has 0 atom stereocenters. The molecule has 0 aliphatic carbocycles. The van der Waals surface area contributed by atoms with Crippen molar-refractivity contribution in [2.24, 2.45) is 0 Å². The first-order valence-corrected chi connectivity index (χ1v) is 8.80. The third kappa shape index (κ3) is 5.03. The molecule has 0 fully saturated rings. The van der Waals surface area contributed by atoms with E-state index in [2.05, 4.69) is 10.3 Å². The van der Waals surface area contributed by atoms with Gasteiger partial charge in [0, 0.05) is 36.3 Å². The molecule has 0 aliphatic rings. The number of carbonyl (C=O) groups is 2. The summed E-state index contributed by atoms with van der Waals surface area (Å²) >= 11 is 0. The van der Waals surface area contributed by atoms with E-state index in [0.717, 1.165) is 18.2 Å². The first-order valence-electron chi connectivity index (χ1n) is 8.80. The zero-order chi connectivity index (χ0) is 22.6. The minimum absolute atomic E-state index is 0.143. The molecule has 0 bridgehead atoms. The lowest BCUT2D eigenvalue weighted by molar-refractivity contribution is -0.147. The maximum atomic E-state index is 14.6. The molecular formula is C21H14F5N3O2. The number of amides is 2.